The molecule has 0 unspecified atom stereocenters. The third-order valence-corrected chi connectivity index (χ3v) is 4.68. The van der Waals surface area contributed by atoms with Gasteiger partial charge in [-0.1, -0.05) is 35.3 Å². The molecule has 2 N–H and O–H groups in total. The number of carbonyl (C=O) groups is 1. The highest BCUT2D eigenvalue weighted by Crippen LogP contribution is 2.24. The summed E-state index contributed by atoms with van der Waals surface area (Å²) >= 11 is 11.8. The molecule has 0 atom stereocenters. The number of hydrogen-bond acceptors (Lipinski definition) is 4. The number of aliphatic hydroxyl groups excluding tert-OH is 1. The molecule has 3 aromatic rings. The van der Waals surface area contributed by atoms with E-state index < -0.39 is 0 Å². The Morgan fingerprint density at radius 1 is 1.04 bits per heavy atom. The molecule has 0 saturated carbocycles. The average Bonchev–Trinajstić information content (AvgIpc) is 2.71. The number of aliphatic hydroxyl groups is 1. The van der Waals surface area contributed by atoms with Crippen LogP contribution in [0.3, 0.4) is 0 Å². The fourth-order valence-corrected chi connectivity index (χ4v) is 2.78. The molecule has 0 saturated heterocycles. The van der Waals surface area contributed by atoms with Crippen molar-refractivity contribution >= 4 is 34.8 Å². The van der Waals surface area contributed by atoms with Crippen LogP contribution in [0.25, 0.3) is 0 Å². The number of rotatable bonds is 7. The first kappa shape index (κ1) is 20.1. The molecule has 0 spiro atoms. The first-order valence-corrected chi connectivity index (χ1v) is 9.41. The minimum absolute atomic E-state index is 0.177. The van der Waals surface area contributed by atoms with Gasteiger partial charge in [0.1, 0.15) is 5.75 Å². The molecular weight excluding hydrogens is 399 g/mol. The molecular formula is C21H18Cl2N2O3. The molecule has 0 radical (unpaired) electrons. The molecule has 5 nitrogen and oxygen atoms in total. The van der Waals surface area contributed by atoms with Crippen LogP contribution in [0.2, 0.25) is 10.0 Å². The van der Waals surface area contributed by atoms with E-state index in [1.807, 2.05) is 24.3 Å². The topological polar surface area (TPSA) is 71.5 Å². The Bertz CT molecular complexity index is 945. The zero-order valence-corrected chi connectivity index (χ0v) is 16.4. The SMILES string of the molecule is O=C(Nc1ccc(Oc2ccc(CCCO)cc2)nc1)c1ccc(Cl)c(Cl)c1. The number of nitrogens with one attached hydrogen (secondary N) is 1. The van der Waals surface area contributed by atoms with Gasteiger partial charge in [-0.25, -0.2) is 4.98 Å². The molecule has 1 amide bonds. The number of anilines is 1. The fourth-order valence-electron chi connectivity index (χ4n) is 2.48. The van der Waals surface area contributed by atoms with E-state index in [0.29, 0.717) is 32.9 Å². The van der Waals surface area contributed by atoms with E-state index >= 15 is 0 Å². The van der Waals surface area contributed by atoms with Gasteiger partial charge in [0.05, 0.1) is 21.9 Å². The number of aromatic nitrogens is 1. The van der Waals surface area contributed by atoms with Crippen LogP contribution >= 0.6 is 23.2 Å². The highest BCUT2D eigenvalue weighted by Gasteiger charge is 2.09. The fraction of sp³-hybridized carbons (Fsp3) is 0.143. The Morgan fingerprint density at radius 2 is 1.82 bits per heavy atom. The normalized spacial score (nSPS) is 10.5. The van der Waals surface area contributed by atoms with Gasteiger partial charge in [-0.05, 0) is 54.8 Å². The number of benzene rings is 2. The third-order valence-electron chi connectivity index (χ3n) is 3.95. The van der Waals surface area contributed by atoms with E-state index in [4.69, 9.17) is 33.0 Å². The van der Waals surface area contributed by atoms with Crippen molar-refractivity contribution in [3.05, 3.63) is 82.0 Å². The number of aryl methyl sites for hydroxylation is 1. The zero-order chi connectivity index (χ0) is 19.9. The first-order valence-electron chi connectivity index (χ1n) is 8.65. The van der Waals surface area contributed by atoms with Crippen LogP contribution in [0, 0.1) is 0 Å². The van der Waals surface area contributed by atoms with Gasteiger partial charge in [-0.15, -0.1) is 0 Å². The van der Waals surface area contributed by atoms with E-state index in [1.54, 1.807) is 24.3 Å². The van der Waals surface area contributed by atoms with Gasteiger partial charge in [0.25, 0.3) is 5.91 Å². The number of nitrogens with zero attached hydrogens (tertiary/aromatic N) is 1. The van der Waals surface area contributed by atoms with Gasteiger partial charge in [-0.3, -0.25) is 4.79 Å². The predicted molar refractivity (Wildman–Crippen MR) is 111 cm³/mol. The third kappa shape index (κ3) is 5.45. The summed E-state index contributed by atoms with van der Waals surface area (Å²) in [4.78, 5) is 16.5. The van der Waals surface area contributed by atoms with Crippen LogP contribution in [0.1, 0.15) is 22.3 Å². The Labute approximate surface area is 172 Å². The smallest absolute Gasteiger partial charge is 0.255 e. The lowest BCUT2D eigenvalue weighted by molar-refractivity contribution is 0.102. The number of carbonyl (C=O) groups excluding carboxylic acids is 1. The number of ether oxygens (including phenoxy) is 1. The van der Waals surface area contributed by atoms with Crippen LogP contribution in [0.4, 0.5) is 5.69 Å². The van der Waals surface area contributed by atoms with Crippen molar-refractivity contribution in [3.8, 4) is 11.6 Å². The molecule has 0 bridgehead atoms. The van der Waals surface area contributed by atoms with Crippen LogP contribution in [0.5, 0.6) is 11.6 Å². The molecule has 0 aliphatic carbocycles. The molecule has 28 heavy (non-hydrogen) atoms. The van der Waals surface area contributed by atoms with Crippen LogP contribution in [-0.2, 0) is 6.42 Å². The van der Waals surface area contributed by atoms with Gasteiger partial charge >= 0.3 is 0 Å². The maximum Gasteiger partial charge on any atom is 0.255 e. The van der Waals surface area contributed by atoms with Gasteiger partial charge in [0.2, 0.25) is 5.88 Å². The van der Waals surface area contributed by atoms with Crippen molar-refractivity contribution in [1.82, 2.24) is 4.98 Å². The molecule has 2 aromatic carbocycles. The van der Waals surface area contributed by atoms with Crippen LogP contribution < -0.4 is 10.1 Å². The van der Waals surface area contributed by atoms with Crippen molar-refractivity contribution in [2.45, 2.75) is 12.8 Å². The van der Waals surface area contributed by atoms with Crippen molar-refractivity contribution < 1.29 is 14.6 Å². The van der Waals surface area contributed by atoms with Crippen LogP contribution in [-0.4, -0.2) is 22.6 Å². The molecule has 0 aliphatic heterocycles. The van der Waals surface area contributed by atoms with Crippen molar-refractivity contribution in [2.24, 2.45) is 0 Å². The van der Waals surface area contributed by atoms with Gasteiger partial charge < -0.3 is 15.2 Å². The summed E-state index contributed by atoms with van der Waals surface area (Å²) in [6, 6.07) is 15.7. The number of amides is 1. The number of pyridine rings is 1. The molecule has 0 fully saturated rings. The van der Waals surface area contributed by atoms with E-state index in [1.165, 1.54) is 12.3 Å². The standard InChI is InChI=1S/C21H18Cl2N2O3/c22-18-9-5-15(12-19(18)23)21(27)25-16-6-10-20(24-13-16)28-17-7-3-14(4-8-17)2-1-11-26/h3-10,12-13,26H,1-2,11H2,(H,25,27). The van der Waals surface area contributed by atoms with Gasteiger partial charge in [0.15, 0.2) is 0 Å². The van der Waals surface area contributed by atoms with E-state index in [2.05, 4.69) is 10.3 Å². The van der Waals surface area contributed by atoms with Gasteiger partial charge in [0, 0.05) is 18.2 Å². The predicted octanol–water partition coefficient (Wildman–Crippen LogP) is 5.36. The highest BCUT2D eigenvalue weighted by atomic mass is 35.5. The van der Waals surface area contributed by atoms with E-state index in [0.717, 1.165) is 18.4 Å². The Hall–Kier alpha value is -2.60. The minimum atomic E-state index is -0.312. The zero-order valence-electron chi connectivity index (χ0n) is 14.9. The maximum absolute atomic E-state index is 12.3. The van der Waals surface area contributed by atoms with Crippen molar-refractivity contribution in [2.75, 3.05) is 11.9 Å². The number of halogens is 2. The summed E-state index contributed by atoms with van der Waals surface area (Å²) in [5.41, 5.74) is 2.06. The Balaban J connectivity index is 1.60. The van der Waals surface area contributed by atoms with E-state index in [9.17, 15) is 4.79 Å². The van der Waals surface area contributed by atoms with Crippen molar-refractivity contribution in [1.29, 1.82) is 0 Å². The molecule has 7 heteroatoms. The summed E-state index contributed by atoms with van der Waals surface area (Å²) in [6.45, 7) is 0.177. The molecule has 0 aliphatic rings. The minimum Gasteiger partial charge on any atom is -0.439 e. The van der Waals surface area contributed by atoms with E-state index in [-0.39, 0.29) is 12.5 Å². The Kier molecular flexibility index (Phi) is 6.87. The second kappa shape index (κ2) is 9.55. The lowest BCUT2D eigenvalue weighted by Gasteiger charge is -2.08. The highest BCUT2D eigenvalue weighted by molar-refractivity contribution is 6.42. The molecule has 3 rings (SSSR count). The van der Waals surface area contributed by atoms with Crippen molar-refractivity contribution in [3.63, 3.8) is 0 Å². The molecule has 144 valence electrons. The monoisotopic (exact) mass is 416 g/mol. The molecule has 1 aromatic heterocycles. The lowest BCUT2D eigenvalue weighted by atomic mass is 10.1. The summed E-state index contributed by atoms with van der Waals surface area (Å²) in [5.74, 6) is 0.760. The summed E-state index contributed by atoms with van der Waals surface area (Å²) in [7, 11) is 0. The summed E-state index contributed by atoms with van der Waals surface area (Å²) < 4.78 is 5.71. The summed E-state index contributed by atoms with van der Waals surface area (Å²) in [5, 5.41) is 12.3. The first-order chi connectivity index (χ1) is 13.5. The summed E-state index contributed by atoms with van der Waals surface area (Å²) in [6.07, 6.45) is 3.07. The largest absolute Gasteiger partial charge is 0.439 e. The maximum atomic E-state index is 12.3. The lowest BCUT2D eigenvalue weighted by Crippen LogP contribution is -2.12. The molecule has 1 heterocycles. The number of hydrogen-bond donors (Lipinski definition) is 2. The second-order valence-electron chi connectivity index (χ2n) is 6.04. The average molecular weight is 417 g/mol. The second-order valence-corrected chi connectivity index (χ2v) is 6.86. The van der Waals surface area contributed by atoms with Crippen LogP contribution in [0.15, 0.2) is 60.8 Å². The Morgan fingerprint density at radius 3 is 2.46 bits per heavy atom. The van der Waals surface area contributed by atoms with Gasteiger partial charge in [-0.2, -0.15) is 0 Å². The quantitative estimate of drug-likeness (QED) is 0.543.